The van der Waals surface area contributed by atoms with Crippen LogP contribution in [0, 0.1) is 6.92 Å². The van der Waals surface area contributed by atoms with Gasteiger partial charge in [-0.05, 0) is 6.92 Å². The number of nitrogen functional groups attached to an aromatic ring is 1. The SMILES string of the molecule is Cc1nc(CN(C)C(=O)c2nn(C)cc2N)cs1. The van der Waals surface area contributed by atoms with E-state index in [2.05, 4.69) is 10.1 Å². The van der Waals surface area contributed by atoms with Gasteiger partial charge in [-0.2, -0.15) is 5.10 Å². The van der Waals surface area contributed by atoms with Crippen molar-refractivity contribution in [3.8, 4) is 0 Å². The molecule has 0 radical (unpaired) electrons. The predicted octanol–water partition coefficient (Wildman–Crippen LogP) is 1.04. The number of carbonyl (C=O) groups excluding carboxylic acids is 1. The van der Waals surface area contributed by atoms with E-state index >= 15 is 0 Å². The zero-order chi connectivity index (χ0) is 13.3. The fourth-order valence-electron chi connectivity index (χ4n) is 1.65. The van der Waals surface area contributed by atoms with Crippen LogP contribution in [0.15, 0.2) is 11.6 Å². The van der Waals surface area contributed by atoms with Gasteiger partial charge < -0.3 is 10.6 Å². The average Bonchev–Trinajstić information content (AvgIpc) is 2.84. The van der Waals surface area contributed by atoms with Crippen molar-refractivity contribution in [2.75, 3.05) is 12.8 Å². The Morgan fingerprint density at radius 3 is 2.83 bits per heavy atom. The third-order valence-corrected chi connectivity index (χ3v) is 3.29. The number of amides is 1. The number of thiazole rings is 1. The minimum atomic E-state index is -0.196. The second-order valence-electron chi connectivity index (χ2n) is 4.13. The molecule has 0 aromatic carbocycles. The molecule has 0 unspecified atom stereocenters. The van der Waals surface area contributed by atoms with Crippen LogP contribution in [0.5, 0.6) is 0 Å². The van der Waals surface area contributed by atoms with Gasteiger partial charge in [-0.15, -0.1) is 11.3 Å². The standard InChI is InChI=1S/C11H15N5OS/c1-7-13-8(6-18-7)4-15(2)11(17)10-9(12)5-16(3)14-10/h5-6H,4,12H2,1-3H3. The summed E-state index contributed by atoms with van der Waals surface area (Å²) in [6.07, 6.45) is 1.62. The molecule has 1 amide bonds. The van der Waals surface area contributed by atoms with Crippen molar-refractivity contribution in [3.63, 3.8) is 0 Å². The molecule has 0 atom stereocenters. The summed E-state index contributed by atoms with van der Waals surface area (Å²) in [7, 11) is 3.45. The van der Waals surface area contributed by atoms with E-state index in [1.807, 2.05) is 12.3 Å². The summed E-state index contributed by atoms with van der Waals surface area (Å²) in [6, 6.07) is 0. The lowest BCUT2D eigenvalue weighted by atomic mass is 10.3. The first-order valence-corrected chi connectivity index (χ1v) is 6.31. The van der Waals surface area contributed by atoms with Crippen LogP contribution < -0.4 is 5.73 Å². The average molecular weight is 265 g/mol. The van der Waals surface area contributed by atoms with Crippen LogP contribution >= 0.6 is 11.3 Å². The van der Waals surface area contributed by atoms with E-state index in [0.29, 0.717) is 12.2 Å². The molecule has 2 rings (SSSR count). The van der Waals surface area contributed by atoms with Gasteiger partial charge >= 0.3 is 0 Å². The molecular weight excluding hydrogens is 250 g/mol. The maximum absolute atomic E-state index is 12.1. The third kappa shape index (κ3) is 2.51. The molecule has 96 valence electrons. The van der Waals surface area contributed by atoms with Crippen LogP contribution in [0.3, 0.4) is 0 Å². The zero-order valence-corrected chi connectivity index (χ0v) is 11.4. The van der Waals surface area contributed by atoms with E-state index in [-0.39, 0.29) is 11.6 Å². The first kappa shape index (κ1) is 12.6. The van der Waals surface area contributed by atoms with Crippen LogP contribution in [-0.2, 0) is 13.6 Å². The van der Waals surface area contributed by atoms with E-state index in [4.69, 9.17) is 5.73 Å². The topological polar surface area (TPSA) is 77.0 Å². The fourth-order valence-corrected chi connectivity index (χ4v) is 2.25. The van der Waals surface area contributed by atoms with E-state index in [1.165, 1.54) is 4.68 Å². The van der Waals surface area contributed by atoms with Crippen molar-refractivity contribution >= 4 is 22.9 Å². The van der Waals surface area contributed by atoms with Crippen molar-refractivity contribution in [1.29, 1.82) is 0 Å². The Morgan fingerprint density at radius 1 is 1.61 bits per heavy atom. The Bertz CT molecular complexity index is 574. The first-order valence-electron chi connectivity index (χ1n) is 5.43. The monoisotopic (exact) mass is 265 g/mol. The third-order valence-electron chi connectivity index (χ3n) is 2.47. The van der Waals surface area contributed by atoms with E-state index in [1.54, 1.807) is 36.5 Å². The van der Waals surface area contributed by atoms with Gasteiger partial charge in [0.1, 0.15) is 0 Å². The van der Waals surface area contributed by atoms with Gasteiger partial charge in [-0.25, -0.2) is 4.98 Å². The van der Waals surface area contributed by atoms with Gasteiger partial charge in [-0.1, -0.05) is 0 Å². The molecule has 0 fully saturated rings. The summed E-state index contributed by atoms with van der Waals surface area (Å²) in [5.41, 5.74) is 7.29. The number of anilines is 1. The minimum absolute atomic E-state index is 0.196. The molecule has 6 nitrogen and oxygen atoms in total. The second-order valence-corrected chi connectivity index (χ2v) is 5.19. The molecule has 2 aromatic heterocycles. The van der Waals surface area contributed by atoms with Crippen LogP contribution in [0.1, 0.15) is 21.2 Å². The molecule has 0 saturated heterocycles. The summed E-state index contributed by atoms with van der Waals surface area (Å²) < 4.78 is 1.53. The Kier molecular flexibility index (Phi) is 3.33. The molecule has 2 heterocycles. The van der Waals surface area contributed by atoms with Gasteiger partial charge in [0.05, 0.1) is 22.9 Å². The Labute approximate surface area is 109 Å². The maximum Gasteiger partial charge on any atom is 0.276 e. The minimum Gasteiger partial charge on any atom is -0.396 e. The molecule has 18 heavy (non-hydrogen) atoms. The summed E-state index contributed by atoms with van der Waals surface area (Å²) in [4.78, 5) is 18.0. The van der Waals surface area contributed by atoms with Crippen molar-refractivity contribution in [2.24, 2.45) is 7.05 Å². The van der Waals surface area contributed by atoms with Gasteiger partial charge in [0.15, 0.2) is 5.69 Å². The van der Waals surface area contributed by atoms with Crippen molar-refractivity contribution in [3.05, 3.63) is 28.0 Å². The van der Waals surface area contributed by atoms with Crippen LogP contribution in [-0.4, -0.2) is 32.6 Å². The number of rotatable bonds is 3. The smallest absolute Gasteiger partial charge is 0.276 e. The molecule has 0 spiro atoms. The lowest BCUT2D eigenvalue weighted by Gasteiger charge is -2.14. The highest BCUT2D eigenvalue weighted by molar-refractivity contribution is 7.09. The van der Waals surface area contributed by atoms with Crippen LogP contribution in [0.2, 0.25) is 0 Å². The molecule has 0 aliphatic rings. The second kappa shape index (κ2) is 4.77. The molecule has 2 aromatic rings. The first-order chi connectivity index (χ1) is 8.47. The molecule has 0 aliphatic carbocycles. The Hall–Kier alpha value is -1.89. The number of nitrogens with two attached hydrogens (primary N) is 1. The van der Waals surface area contributed by atoms with Crippen molar-refractivity contribution < 1.29 is 4.79 Å². The van der Waals surface area contributed by atoms with Gasteiger partial charge in [-0.3, -0.25) is 9.48 Å². The summed E-state index contributed by atoms with van der Waals surface area (Å²) >= 11 is 1.57. The van der Waals surface area contributed by atoms with Crippen molar-refractivity contribution in [1.82, 2.24) is 19.7 Å². The number of hydrogen-bond acceptors (Lipinski definition) is 5. The molecule has 0 saturated carbocycles. The highest BCUT2D eigenvalue weighted by atomic mass is 32.1. The van der Waals surface area contributed by atoms with Gasteiger partial charge in [0, 0.05) is 25.7 Å². The fraction of sp³-hybridized carbons (Fsp3) is 0.364. The van der Waals surface area contributed by atoms with Crippen LogP contribution in [0.25, 0.3) is 0 Å². The number of hydrogen-bond donors (Lipinski definition) is 1. The quantitative estimate of drug-likeness (QED) is 0.899. The normalized spacial score (nSPS) is 10.6. The lowest BCUT2D eigenvalue weighted by Crippen LogP contribution is -2.27. The molecule has 0 bridgehead atoms. The molecular formula is C11H15N5OS. The molecule has 2 N–H and O–H groups in total. The van der Waals surface area contributed by atoms with Crippen molar-refractivity contribution in [2.45, 2.75) is 13.5 Å². The maximum atomic E-state index is 12.1. The lowest BCUT2D eigenvalue weighted by molar-refractivity contribution is 0.0778. The predicted molar refractivity (Wildman–Crippen MR) is 70.3 cm³/mol. The van der Waals surface area contributed by atoms with E-state index < -0.39 is 0 Å². The van der Waals surface area contributed by atoms with E-state index in [9.17, 15) is 4.79 Å². The Balaban J connectivity index is 2.11. The van der Waals surface area contributed by atoms with Gasteiger partial charge in [0.2, 0.25) is 0 Å². The Morgan fingerprint density at radius 2 is 2.33 bits per heavy atom. The van der Waals surface area contributed by atoms with Gasteiger partial charge in [0.25, 0.3) is 5.91 Å². The van der Waals surface area contributed by atoms with E-state index in [0.717, 1.165) is 10.7 Å². The number of aryl methyl sites for hydroxylation is 2. The number of carbonyl (C=O) groups is 1. The van der Waals surface area contributed by atoms with Crippen LogP contribution in [0.4, 0.5) is 5.69 Å². The highest BCUT2D eigenvalue weighted by Gasteiger charge is 2.19. The highest BCUT2D eigenvalue weighted by Crippen LogP contribution is 2.14. The molecule has 0 aliphatic heterocycles. The number of aromatic nitrogens is 3. The zero-order valence-electron chi connectivity index (χ0n) is 10.5. The largest absolute Gasteiger partial charge is 0.396 e. The summed E-state index contributed by atoms with van der Waals surface area (Å²) in [6.45, 7) is 2.39. The summed E-state index contributed by atoms with van der Waals surface area (Å²) in [5, 5.41) is 7.00. The number of nitrogens with zero attached hydrogens (tertiary/aromatic N) is 4. The summed E-state index contributed by atoms with van der Waals surface area (Å²) in [5.74, 6) is -0.196. The molecule has 7 heteroatoms.